The molecule has 5 heteroatoms. The van der Waals surface area contributed by atoms with Crippen LogP contribution in [0.15, 0.2) is 0 Å². The van der Waals surface area contributed by atoms with E-state index >= 15 is 0 Å². The Labute approximate surface area is 114 Å². The van der Waals surface area contributed by atoms with Crippen molar-refractivity contribution in [2.45, 2.75) is 63.8 Å². The molecular formula is C14H23N3O2. The van der Waals surface area contributed by atoms with Gasteiger partial charge in [0.25, 0.3) is 0 Å². The van der Waals surface area contributed by atoms with Gasteiger partial charge in [-0.05, 0) is 38.0 Å². The maximum absolute atomic E-state index is 11.8. The predicted molar refractivity (Wildman–Crippen MR) is 71.8 cm³/mol. The van der Waals surface area contributed by atoms with Crippen molar-refractivity contribution in [3.05, 3.63) is 0 Å². The summed E-state index contributed by atoms with van der Waals surface area (Å²) in [7, 11) is 0. The van der Waals surface area contributed by atoms with E-state index < -0.39 is 11.9 Å². The number of primary amides is 1. The molecule has 0 radical (unpaired) electrons. The number of hydrogen-bond donors (Lipinski definition) is 2. The van der Waals surface area contributed by atoms with Crippen LogP contribution >= 0.6 is 0 Å². The SMILES string of the molecule is N#CCCCC[C@@H](NC(=O)CC1CCCC1)C(N)=O. The highest BCUT2D eigenvalue weighted by molar-refractivity contribution is 5.86. The highest BCUT2D eigenvalue weighted by atomic mass is 16.2. The summed E-state index contributed by atoms with van der Waals surface area (Å²) in [6, 6.07) is 1.47. The summed E-state index contributed by atoms with van der Waals surface area (Å²) in [5.74, 6) is -0.0974. The van der Waals surface area contributed by atoms with Crippen LogP contribution in [0.25, 0.3) is 0 Å². The van der Waals surface area contributed by atoms with Gasteiger partial charge in [0.15, 0.2) is 0 Å². The van der Waals surface area contributed by atoms with Crippen molar-refractivity contribution in [2.75, 3.05) is 0 Å². The molecule has 106 valence electrons. The number of nitrogens with two attached hydrogens (primary N) is 1. The fraction of sp³-hybridized carbons (Fsp3) is 0.786. The highest BCUT2D eigenvalue weighted by Crippen LogP contribution is 2.27. The molecule has 0 spiro atoms. The van der Waals surface area contributed by atoms with Crippen LogP contribution in [-0.4, -0.2) is 17.9 Å². The molecule has 1 saturated carbocycles. The standard InChI is InChI=1S/C14H23N3O2/c15-9-5-1-2-8-12(14(16)19)17-13(18)10-11-6-3-4-7-11/h11-12H,1-8,10H2,(H2,16,19)(H,17,18)/t12-/m1/s1. The highest BCUT2D eigenvalue weighted by Gasteiger charge is 2.22. The lowest BCUT2D eigenvalue weighted by Crippen LogP contribution is -2.44. The van der Waals surface area contributed by atoms with Crippen molar-refractivity contribution in [3.8, 4) is 6.07 Å². The summed E-state index contributed by atoms with van der Waals surface area (Å²) in [5, 5.41) is 11.2. The molecule has 1 aliphatic carbocycles. The van der Waals surface area contributed by atoms with Crippen LogP contribution in [0.4, 0.5) is 0 Å². The van der Waals surface area contributed by atoms with Crippen molar-refractivity contribution in [1.29, 1.82) is 5.26 Å². The topological polar surface area (TPSA) is 96.0 Å². The lowest BCUT2D eigenvalue weighted by molar-refractivity contribution is -0.128. The number of unbranched alkanes of at least 4 members (excludes halogenated alkanes) is 2. The van der Waals surface area contributed by atoms with Gasteiger partial charge in [0, 0.05) is 12.8 Å². The first-order valence-corrected chi connectivity index (χ1v) is 7.09. The van der Waals surface area contributed by atoms with Gasteiger partial charge in [-0.15, -0.1) is 0 Å². The van der Waals surface area contributed by atoms with E-state index in [1.807, 2.05) is 0 Å². The third-order valence-corrected chi connectivity index (χ3v) is 3.66. The van der Waals surface area contributed by atoms with E-state index in [1.165, 1.54) is 12.8 Å². The summed E-state index contributed by atoms with van der Waals surface area (Å²) in [4.78, 5) is 23.1. The molecule has 1 fully saturated rings. The van der Waals surface area contributed by atoms with E-state index in [0.717, 1.165) is 25.7 Å². The molecule has 0 aliphatic heterocycles. The largest absolute Gasteiger partial charge is 0.368 e. The molecule has 19 heavy (non-hydrogen) atoms. The Morgan fingerprint density at radius 2 is 2.00 bits per heavy atom. The molecular weight excluding hydrogens is 242 g/mol. The third-order valence-electron chi connectivity index (χ3n) is 3.66. The van der Waals surface area contributed by atoms with Crippen molar-refractivity contribution in [2.24, 2.45) is 11.7 Å². The van der Waals surface area contributed by atoms with Gasteiger partial charge in [0.2, 0.25) is 11.8 Å². The van der Waals surface area contributed by atoms with E-state index in [4.69, 9.17) is 11.0 Å². The monoisotopic (exact) mass is 265 g/mol. The number of carbonyl (C=O) groups is 2. The molecule has 0 saturated heterocycles. The van der Waals surface area contributed by atoms with E-state index in [9.17, 15) is 9.59 Å². The van der Waals surface area contributed by atoms with Gasteiger partial charge in [-0.2, -0.15) is 5.26 Å². The van der Waals surface area contributed by atoms with Crippen molar-refractivity contribution >= 4 is 11.8 Å². The summed E-state index contributed by atoms with van der Waals surface area (Å²) in [6.45, 7) is 0. The average molecular weight is 265 g/mol. The zero-order valence-electron chi connectivity index (χ0n) is 11.4. The van der Waals surface area contributed by atoms with Crippen LogP contribution in [0.1, 0.15) is 57.8 Å². The van der Waals surface area contributed by atoms with Gasteiger partial charge in [-0.25, -0.2) is 0 Å². The molecule has 2 amide bonds. The van der Waals surface area contributed by atoms with E-state index in [2.05, 4.69) is 11.4 Å². The number of nitrogens with one attached hydrogen (secondary N) is 1. The molecule has 1 aliphatic rings. The van der Waals surface area contributed by atoms with Gasteiger partial charge < -0.3 is 11.1 Å². The van der Waals surface area contributed by atoms with Crippen molar-refractivity contribution < 1.29 is 9.59 Å². The summed E-state index contributed by atoms with van der Waals surface area (Å²) in [6.07, 6.45) is 7.57. The lowest BCUT2D eigenvalue weighted by Gasteiger charge is -2.16. The molecule has 0 aromatic rings. The Balaban J connectivity index is 2.29. The molecule has 0 unspecified atom stereocenters. The first-order valence-electron chi connectivity index (χ1n) is 7.09. The summed E-state index contributed by atoms with van der Waals surface area (Å²) in [5.41, 5.74) is 5.29. The minimum absolute atomic E-state index is 0.0732. The average Bonchev–Trinajstić information content (AvgIpc) is 2.85. The molecule has 3 N–H and O–H groups in total. The number of rotatable bonds is 8. The van der Waals surface area contributed by atoms with Crippen molar-refractivity contribution in [1.82, 2.24) is 5.32 Å². The van der Waals surface area contributed by atoms with Gasteiger partial charge in [0.1, 0.15) is 6.04 Å². The quantitative estimate of drug-likeness (QED) is 0.653. The van der Waals surface area contributed by atoms with Crippen LogP contribution in [0.2, 0.25) is 0 Å². The number of hydrogen-bond acceptors (Lipinski definition) is 3. The lowest BCUT2D eigenvalue weighted by atomic mass is 10.0. The number of carbonyl (C=O) groups excluding carboxylic acids is 2. The molecule has 1 rings (SSSR count). The Kier molecular flexibility index (Phi) is 6.94. The zero-order valence-corrected chi connectivity index (χ0v) is 11.4. The first kappa shape index (κ1) is 15.5. The van der Waals surface area contributed by atoms with Crippen LogP contribution in [-0.2, 0) is 9.59 Å². The third kappa shape index (κ3) is 6.23. The zero-order chi connectivity index (χ0) is 14.1. The maximum atomic E-state index is 11.8. The fourth-order valence-electron chi connectivity index (χ4n) is 2.57. The Hall–Kier alpha value is -1.57. The molecule has 0 heterocycles. The van der Waals surface area contributed by atoms with E-state index in [-0.39, 0.29) is 5.91 Å². The number of nitrogens with zero attached hydrogens (tertiary/aromatic N) is 1. The molecule has 0 aromatic carbocycles. The molecule has 0 aromatic heterocycles. The van der Waals surface area contributed by atoms with Gasteiger partial charge in [0.05, 0.1) is 6.07 Å². The second-order valence-electron chi connectivity index (χ2n) is 5.28. The van der Waals surface area contributed by atoms with Crippen LogP contribution < -0.4 is 11.1 Å². The molecule has 1 atom stereocenters. The van der Waals surface area contributed by atoms with Gasteiger partial charge in [-0.1, -0.05) is 12.8 Å². The van der Waals surface area contributed by atoms with Gasteiger partial charge >= 0.3 is 0 Å². The summed E-state index contributed by atoms with van der Waals surface area (Å²) < 4.78 is 0. The minimum atomic E-state index is -0.590. The summed E-state index contributed by atoms with van der Waals surface area (Å²) >= 11 is 0. The van der Waals surface area contributed by atoms with Crippen LogP contribution in [0.3, 0.4) is 0 Å². The minimum Gasteiger partial charge on any atom is -0.368 e. The van der Waals surface area contributed by atoms with Crippen LogP contribution in [0, 0.1) is 17.2 Å². The fourth-order valence-corrected chi connectivity index (χ4v) is 2.57. The predicted octanol–water partition coefficient (Wildman–Crippen LogP) is 1.62. The second-order valence-corrected chi connectivity index (χ2v) is 5.28. The Bertz CT molecular complexity index is 343. The maximum Gasteiger partial charge on any atom is 0.239 e. The Morgan fingerprint density at radius 3 is 2.58 bits per heavy atom. The smallest absolute Gasteiger partial charge is 0.239 e. The van der Waals surface area contributed by atoms with Crippen molar-refractivity contribution in [3.63, 3.8) is 0 Å². The number of nitriles is 1. The second kappa shape index (κ2) is 8.52. The van der Waals surface area contributed by atoms with E-state index in [1.54, 1.807) is 0 Å². The Morgan fingerprint density at radius 1 is 1.32 bits per heavy atom. The van der Waals surface area contributed by atoms with Gasteiger partial charge in [-0.3, -0.25) is 9.59 Å². The molecule has 0 bridgehead atoms. The number of amides is 2. The van der Waals surface area contributed by atoms with Crippen LogP contribution in [0.5, 0.6) is 0 Å². The molecule has 5 nitrogen and oxygen atoms in total. The normalized spacial score (nSPS) is 16.8. The first-order chi connectivity index (χ1) is 9.13. The van der Waals surface area contributed by atoms with E-state index in [0.29, 0.717) is 25.2 Å².